The minimum atomic E-state index is -0.642. The van der Waals surface area contributed by atoms with E-state index in [0.717, 1.165) is 19.3 Å². The number of carbonyl (C=O) groups is 3. The predicted octanol–water partition coefficient (Wildman–Crippen LogP) is 2.67. The number of furan rings is 1. The summed E-state index contributed by atoms with van der Waals surface area (Å²) < 4.78 is 16.0. The van der Waals surface area contributed by atoms with Crippen molar-refractivity contribution in [3.63, 3.8) is 0 Å². The number of ether oxygens (including phenoxy) is 2. The Labute approximate surface area is 198 Å². The molecule has 1 unspecified atom stereocenters. The molecule has 2 fully saturated rings. The predicted molar refractivity (Wildman–Crippen MR) is 122 cm³/mol. The molecule has 3 aliphatic rings. The number of benzene rings is 1. The first-order chi connectivity index (χ1) is 16.6. The third kappa shape index (κ3) is 4.60. The minimum absolute atomic E-state index is 0.0374. The second-order valence-corrected chi connectivity index (χ2v) is 9.01. The largest absolute Gasteiger partial charge is 0.459 e. The van der Waals surface area contributed by atoms with Crippen LogP contribution in [0.2, 0.25) is 0 Å². The molecule has 2 aromatic rings. The lowest BCUT2D eigenvalue weighted by Gasteiger charge is -2.38. The topological polar surface area (TPSA) is 101 Å². The van der Waals surface area contributed by atoms with Gasteiger partial charge in [0.1, 0.15) is 6.04 Å². The molecular formula is C25H29N3O6. The van der Waals surface area contributed by atoms with Gasteiger partial charge in [0.25, 0.3) is 11.8 Å². The Balaban J connectivity index is 1.30. The SMILES string of the molecule is O=C(NC(C(=O)N1CCCCC1)C1CCN(C(=O)c2ccco2)CC1)c1ccc2c(c1)OCO2. The van der Waals surface area contributed by atoms with Gasteiger partial charge in [-0.25, -0.2) is 0 Å². The number of piperidine rings is 2. The Bertz CT molecular complexity index is 1040. The first kappa shape index (κ1) is 22.3. The summed E-state index contributed by atoms with van der Waals surface area (Å²) in [7, 11) is 0. The van der Waals surface area contributed by atoms with E-state index in [1.165, 1.54) is 6.26 Å². The second-order valence-electron chi connectivity index (χ2n) is 9.01. The quantitative estimate of drug-likeness (QED) is 0.726. The van der Waals surface area contributed by atoms with E-state index in [-0.39, 0.29) is 30.4 Å². The van der Waals surface area contributed by atoms with Gasteiger partial charge in [0.15, 0.2) is 17.3 Å². The fourth-order valence-corrected chi connectivity index (χ4v) is 4.95. The Morgan fingerprint density at radius 1 is 0.912 bits per heavy atom. The zero-order valence-electron chi connectivity index (χ0n) is 19.0. The fraction of sp³-hybridized carbons (Fsp3) is 0.480. The molecule has 0 bridgehead atoms. The van der Waals surface area contributed by atoms with Crippen molar-refractivity contribution in [2.45, 2.75) is 38.1 Å². The number of likely N-dealkylation sites (tertiary alicyclic amines) is 2. The van der Waals surface area contributed by atoms with Crippen molar-refractivity contribution in [1.29, 1.82) is 0 Å². The van der Waals surface area contributed by atoms with E-state index in [0.29, 0.717) is 61.8 Å². The van der Waals surface area contributed by atoms with Gasteiger partial charge in [0.2, 0.25) is 12.7 Å². The van der Waals surface area contributed by atoms with Crippen LogP contribution in [0.15, 0.2) is 41.0 Å². The van der Waals surface area contributed by atoms with E-state index in [4.69, 9.17) is 13.9 Å². The standard InChI is InChI=1S/C25H29N3O6/c29-23(18-6-7-19-21(15-18)34-16-33-19)26-22(25(31)27-10-2-1-3-11-27)17-8-12-28(13-9-17)24(30)20-5-4-14-32-20/h4-7,14-15,17,22H,1-3,8-13,16H2,(H,26,29). The molecule has 5 rings (SSSR count). The molecule has 2 saturated heterocycles. The third-order valence-corrected chi connectivity index (χ3v) is 6.89. The zero-order valence-corrected chi connectivity index (χ0v) is 19.0. The molecule has 0 spiro atoms. The molecule has 34 heavy (non-hydrogen) atoms. The maximum atomic E-state index is 13.5. The molecule has 3 aliphatic heterocycles. The summed E-state index contributed by atoms with van der Waals surface area (Å²) in [4.78, 5) is 42.9. The zero-order chi connectivity index (χ0) is 23.5. The van der Waals surface area contributed by atoms with Gasteiger partial charge in [-0.3, -0.25) is 14.4 Å². The van der Waals surface area contributed by atoms with Gasteiger partial charge >= 0.3 is 0 Å². The van der Waals surface area contributed by atoms with Crippen LogP contribution in [0.3, 0.4) is 0 Å². The number of hydrogen-bond donors (Lipinski definition) is 1. The molecule has 9 nitrogen and oxygen atoms in total. The monoisotopic (exact) mass is 467 g/mol. The Kier molecular flexibility index (Phi) is 6.42. The van der Waals surface area contributed by atoms with Crippen molar-refractivity contribution >= 4 is 17.7 Å². The van der Waals surface area contributed by atoms with Crippen molar-refractivity contribution < 1.29 is 28.3 Å². The maximum absolute atomic E-state index is 13.5. The van der Waals surface area contributed by atoms with E-state index in [2.05, 4.69) is 5.32 Å². The lowest BCUT2D eigenvalue weighted by atomic mass is 9.87. The Morgan fingerprint density at radius 2 is 1.68 bits per heavy atom. The summed E-state index contributed by atoms with van der Waals surface area (Å²) in [6.45, 7) is 2.57. The molecule has 0 saturated carbocycles. The van der Waals surface area contributed by atoms with E-state index < -0.39 is 6.04 Å². The smallest absolute Gasteiger partial charge is 0.289 e. The molecule has 0 aliphatic carbocycles. The van der Waals surface area contributed by atoms with Gasteiger partial charge in [0.05, 0.1) is 6.26 Å². The second kappa shape index (κ2) is 9.79. The van der Waals surface area contributed by atoms with Gasteiger partial charge in [-0.05, 0) is 68.4 Å². The highest BCUT2D eigenvalue weighted by Crippen LogP contribution is 2.33. The minimum Gasteiger partial charge on any atom is -0.459 e. The van der Waals surface area contributed by atoms with Crippen molar-refractivity contribution in [1.82, 2.24) is 15.1 Å². The van der Waals surface area contributed by atoms with Crippen LogP contribution in [0.1, 0.15) is 53.0 Å². The average Bonchev–Trinajstić information content (AvgIpc) is 3.59. The van der Waals surface area contributed by atoms with Crippen LogP contribution in [0.5, 0.6) is 11.5 Å². The Morgan fingerprint density at radius 3 is 2.41 bits per heavy atom. The van der Waals surface area contributed by atoms with Gasteiger partial charge in [-0.2, -0.15) is 0 Å². The number of hydrogen-bond acceptors (Lipinski definition) is 6. The number of nitrogens with one attached hydrogen (secondary N) is 1. The summed E-state index contributed by atoms with van der Waals surface area (Å²) >= 11 is 0. The average molecular weight is 468 g/mol. The number of fused-ring (bicyclic) bond motifs is 1. The molecule has 0 radical (unpaired) electrons. The summed E-state index contributed by atoms with van der Waals surface area (Å²) in [5, 5.41) is 3.01. The van der Waals surface area contributed by atoms with Crippen LogP contribution < -0.4 is 14.8 Å². The van der Waals surface area contributed by atoms with E-state index in [1.807, 2.05) is 4.90 Å². The van der Waals surface area contributed by atoms with Gasteiger partial charge in [-0.1, -0.05) is 0 Å². The lowest BCUT2D eigenvalue weighted by Crippen LogP contribution is -2.55. The molecule has 3 amide bonds. The van der Waals surface area contributed by atoms with Crippen molar-refractivity contribution in [3.8, 4) is 11.5 Å². The van der Waals surface area contributed by atoms with Crippen molar-refractivity contribution in [3.05, 3.63) is 47.9 Å². The lowest BCUT2D eigenvalue weighted by molar-refractivity contribution is -0.136. The van der Waals surface area contributed by atoms with E-state index in [9.17, 15) is 14.4 Å². The molecule has 180 valence electrons. The molecular weight excluding hydrogens is 438 g/mol. The van der Waals surface area contributed by atoms with Gasteiger partial charge < -0.3 is 29.0 Å². The first-order valence-corrected chi connectivity index (χ1v) is 11.9. The summed E-state index contributed by atoms with van der Waals surface area (Å²) in [6.07, 6.45) is 5.80. The maximum Gasteiger partial charge on any atom is 0.289 e. The van der Waals surface area contributed by atoms with Crippen LogP contribution in [-0.4, -0.2) is 66.5 Å². The van der Waals surface area contributed by atoms with Crippen LogP contribution in [0.4, 0.5) is 0 Å². The summed E-state index contributed by atoms with van der Waals surface area (Å²) in [5.41, 5.74) is 0.422. The van der Waals surface area contributed by atoms with Gasteiger partial charge in [0, 0.05) is 31.7 Å². The van der Waals surface area contributed by atoms with Crippen LogP contribution in [0, 0.1) is 5.92 Å². The summed E-state index contributed by atoms with van der Waals surface area (Å²) in [6, 6.07) is 7.73. The van der Waals surface area contributed by atoms with Crippen molar-refractivity contribution in [2.24, 2.45) is 5.92 Å². The highest BCUT2D eigenvalue weighted by Gasteiger charge is 2.37. The van der Waals surface area contributed by atoms with Crippen molar-refractivity contribution in [2.75, 3.05) is 33.0 Å². The number of carbonyl (C=O) groups excluding carboxylic acids is 3. The fourth-order valence-electron chi connectivity index (χ4n) is 4.95. The Hall–Kier alpha value is -3.49. The number of amides is 3. The first-order valence-electron chi connectivity index (χ1n) is 11.9. The normalized spacial score (nSPS) is 19.1. The van der Waals surface area contributed by atoms with Crippen LogP contribution in [0.25, 0.3) is 0 Å². The summed E-state index contributed by atoms with van der Waals surface area (Å²) in [5.74, 6) is 0.880. The molecule has 1 aromatic carbocycles. The van der Waals surface area contributed by atoms with E-state index in [1.54, 1.807) is 35.2 Å². The highest BCUT2D eigenvalue weighted by atomic mass is 16.7. The van der Waals surface area contributed by atoms with E-state index >= 15 is 0 Å². The third-order valence-electron chi connectivity index (χ3n) is 6.89. The molecule has 9 heteroatoms. The number of nitrogens with zero attached hydrogens (tertiary/aromatic N) is 2. The number of rotatable bonds is 5. The van der Waals surface area contributed by atoms with Crippen LogP contribution in [-0.2, 0) is 4.79 Å². The highest BCUT2D eigenvalue weighted by molar-refractivity contribution is 5.98. The molecule has 1 atom stereocenters. The van der Waals surface area contributed by atoms with Crippen LogP contribution >= 0.6 is 0 Å². The van der Waals surface area contributed by atoms with Gasteiger partial charge in [-0.15, -0.1) is 0 Å². The molecule has 1 N–H and O–H groups in total. The molecule has 1 aromatic heterocycles. The molecule has 4 heterocycles.